The van der Waals surface area contributed by atoms with Crippen LogP contribution in [0.2, 0.25) is 0 Å². The number of ether oxygens (including phenoxy) is 2. The van der Waals surface area contributed by atoms with E-state index < -0.39 is 29.9 Å². The van der Waals surface area contributed by atoms with E-state index in [-0.39, 0.29) is 29.3 Å². The summed E-state index contributed by atoms with van der Waals surface area (Å²) in [6, 6.07) is 0. The van der Waals surface area contributed by atoms with E-state index in [1.165, 1.54) is 0 Å². The monoisotopic (exact) mass is 428 g/mol. The zero-order chi connectivity index (χ0) is 23.7. The highest BCUT2D eigenvalue weighted by atomic mass is 16.6. The number of aliphatic carboxylic acids is 1. The van der Waals surface area contributed by atoms with Gasteiger partial charge in [0.1, 0.15) is 12.7 Å². The fraction of sp³-hybridized carbons (Fsp3) is 0.875. The van der Waals surface area contributed by atoms with Gasteiger partial charge >= 0.3 is 17.9 Å². The third kappa shape index (κ3) is 9.94. The van der Waals surface area contributed by atoms with Gasteiger partial charge in [0.15, 0.2) is 0 Å². The molecule has 176 valence electrons. The zero-order valence-corrected chi connectivity index (χ0v) is 20.5. The van der Waals surface area contributed by atoms with Crippen molar-refractivity contribution in [2.75, 3.05) is 6.61 Å². The Balaban J connectivity index is 0.00000407. The summed E-state index contributed by atoms with van der Waals surface area (Å²) >= 11 is 0. The number of esters is 2. The SMILES string of the molecule is CC.CC(COC(=O)C(CC(C)(C)C)C(C)(C)C)OC(=O)C1CCCCC1C(=O)O. The second kappa shape index (κ2) is 12.3. The molecule has 0 aromatic carbocycles. The minimum absolute atomic E-state index is 0.0120. The summed E-state index contributed by atoms with van der Waals surface area (Å²) in [6.45, 7) is 18.0. The summed E-state index contributed by atoms with van der Waals surface area (Å²) in [5.74, 6) is -3.30. The highest BCUT2D eigenvalue weighted by Crippen LogP contribution is 2.37. The fourth-order valence-electron chi connectivity index (χ4n) is 3.68. The zero-order valence-electron chi connectivity index (χ0n) is 20.5. The fourth-order valence-corrected chi connectivity index (χ4v) is 3.68. The molecule has 4 atom stereocenters. The molecule has 0 saturated heterocycles. The molecule has 1 fully saturated rings. The molecule has 0 aromatic rings. The van der Waals surface area contributed by atoms with Crippen molar-refractivity contribution in [3.05, 3.63) is 0 Å². The van der Waals surface area contributed by atoms with Gasteiger partial charge in [0.2, 0.25) is 0 Å². The van der Waals surface area contributed by atoms with Gasteiger partial charge in [-0.2, -0.15) is 0 Å². The topological polar surface area (TPSA) is 89.9 Å². The second-order valence-electron chi connectivity index (χ2n) is 10.4. The lowest BCUT2D eigenvalue weighted by Crippen LogP contribution is -2.37. The van der Waals surface area contributed by atoms with E-state index in [1.54, 1.807) is 6.92 Å². The maximum atomic E-state index is 12.7. The highest BCUT2D eigenvalue weighted by Gasteiger charge is 2.38. The summed E-state index contributed by atoms with van der Waals surface area (Å²) in [7, 11) is 0. The number of carbonyl (C=O) groups excluding carboxylic acids is 2. The molecule has 0 aromatic heterocycles. The van der Waals surface area contributed by atoms with Gasteiger partial charge in [-0.1, -0.05) is 68.2 Å². The Bertz CT molecular complexity index is 555. The molecule has 1 aliphatic rings. The summed E-state index contributed by atoms with van der Waals surface area (Å²) in [5, 5.41) is 9.32. The van der Waals surface area contributed by atoms with Gasteiger partial charge in [-0.05, 0) is 37.0 Å². The Labute approximate surface area is 183 Å². The van der Waals surface area contributed by atoms with Crippen LogP contribution in [0.4, 0.5) is 0 Å². The molecular weight excluding hydrogens is 384 g/mol. The first-order valence-electron chi connectivity index (χ1n) is 11.3. The van der Waals surface area contributed by atoms with Crippen molar-refractivity contribution in [1.29, 1.82) is 0 Å². The van der Waals surface area contributed by atoms with Crippen LogP contribution in [0.3, 0.4) is 0 Å². The number of carboxylic acids is 1. The van der Waals surface area contributed by atoms with Crippen molar-refractivity contribution >= 4 is 17.9 Å². The van der Waals surface area contributed by atoms with Crippen LogP contribution in [0.15, 0.2) is 0 Å². The average Bonchev–Trinajstić information content (AvgIpc) is 2.64. The molecular formula is C24H44O6. The normalized spacial score (nSPS) is 21.5. The van der Waals surface area contributed by atoms with E-state index in [1.807, 2.05) is 34.6 Å². The molecule has 6 nitrogen and oxygen atoms in total. The number of carbonyl (C=O) groups is 3. The van der Waals surface area contributed by atoms with E-state index in [0.29, 0.717) is 19.3 Å². The molecule has 30 heavy (non-hydrogen) atoms. The predicted octanol–water partition coefficient (Wildman–Crippen LogP) is 5.48. The Morgan fingerprint density at radius 2 is 1.47 bits per heavy atom. The first kappa shape index (κ1) is 28.4. The molecule has 0 aliphatic heterocycles. The molecule has 4 unspecified atom stereocenters. The highest BCUT2D eigenvalue weighted by molar-refractivity contribution is 5.81. The molecule has 1 aliphatic carbocycles. The van der Waals surface area contributed by atoms with Crippen LogP contribution < -0.4 is 0 Å². The molecule has 0 heterocycles. The van der Waals surface area contributed by atoms with Gasteiger partial charge in [0, 0.05) is 0 Å². The third-order valence-corrected chi connectivity index (χ3v) is 5.31. The van der Waals surface area contributed by atoms with Gasteiger partial charge < -0.3 is 14.6 Å². The van der Waals surface area contributed by atoms with Gasteiger partial charge in [0.25, 0.3) is 0 Å². The van der Waals surface area contributed by atoms with Crippen LogP contribution in [-0.4, -0.2) is 35.7 Å². The lowest BCUT2D eigenvalue weighted by Gasteiger charge is -2.34. The van der Waals surface area contributed by atoms with Crippen LogP contribution in [0.25, 0.3) is 0 Å². The Hall–Kier alpha value is -1.59. The van der Waals surface area contributed by atoms with Crippen molar-refractivity contribution in [2.45, 2.75) is 101 Å². The first-order chi connectivity index (χ1) is 13.7. The maximum Gasteiger partial charge on any atom is 0.310 e. The van der Waals surface area contributed by atoms with Crippen LogP contribution >= 0.6 is 0 Å². The minimum atomic E-state index is -0.948. The van der Waals surface area contributed by atoms with Crippen LogP contribution in [-0.2, 0) is 23.9 Å². The summed E-state index contributed by atoms with van der Waals surface area (Å²) in [4.78, 5) is 36.5. The lowest BCUT2D eigenvalue weighted by molar-refractivity contribution is -0.169. The first-order valence-corrected chi connectivity index (χ1v) is 11.3. The van der Waals surface area contributed by atoms with Crippen molar-refractivity contribution in [3.8, 4) is 0 Å². The number of rotatable bonds is 7. The van der Waals surface area contributed by atoms with Crippen molar-refractivity contribution < 1.29 is 29.0 Å². The molecule has 0 amide bonds. The van der Waals surface area contributed by atoms with Crippen LogP contribution in [0, 0.1) is 28.6 Å². The Morgan fingerprint density at radius 3 is 1.90 bits per heavy atom. The van der Waals surface area contributed by atoms with E-state index in [4.69, 9.17) is 9.47 Å². The van der Waals surface area contributed by atoms with Gasteiger partial charge in [-0.15, -0.1) is 0 Å². The van der Waals surface area contributed by atoms with Crippen molar-refractivity contribution in [2.24, 2.45) is 28.6 Å². The molecule has 0 spiro atoms. The molecule has 6 heteroatoms. The van der Waals surface area contributed by atoms with E-state index >= 15 is 0 Å². The van der Waals surface area contributed by atoms with Crippen molar-refractivity contribution in [3.63, 3.8) is 0 Å². The standard InChI is InChI=1S/C22H38O6.C2H6/c1-14(28-19(25)16-11-9-8-10-15(16)18(23)24)13-27-20(26)17(22(5,6)7)12-21(2,3)4;1-2/h14-17H,8-13H2,1-7H3,(H,23,24);1-2H3. The summed E-state index contributed by atoms with van der Waals surface area (Å²) < 4.78 is 10.9. The quantitative estimate of drug-likeness (QED) is 0.540. The molecule has 0 radical (unpaired) electrons. The predicted molar refractivity (Wildman–Crippen MR) is 118 cm³/mol. The van der Waals surface area contributed by atoms with Crippen molar-refractivity contribution in [1.82, 2.24) is 0 Å². The Kier molecular flexibility index (Phi) is 11.7. The smallest absolute Gasteiger partial charge is 0.310 e. The molecule has 1 saturated carbocycles. The van der Waals surface area contributed by atoms with Gasteiger partial charge in [-0.3, -0.25) is 14.4 Å². The van der Waals surface area contributed by atoms with Gasteiger partial charge in [-0.25, -0.2) is 0 Å². The summed E-state index contributed by atoms with van der Waals surface area (Å²) in [5.41, 5.74) is -0.247. The number of hydrogen-bond acceptors (Lipinski definition) is 5. The Morgan fingerprint density at radius 1 is 0.967 bits per heavy atom. The van der Waals surface area contributed by atoms with E-state index in [0.717, 1.165) is 12.8 Å². The molecule has 1 N–H and O–H groups in total. The number of hydrogen-bond donors (Lipinski definition) is 1. The minimum Gasteiger partial charge on any atom is -0.481 e. The van der Waals surface area contributed by atoms with E-state index in [2.05, 4.69) is 20.8 Å². The largest absolute Gasteiger partial charge is 0.481 e. The second-order valence-corrected chi connectivity index (χ2v) is 10.4. The maximum absolute atomic E-state index is 12.7. The lowest BCUT2D eigenvalue weighted by atomic mass is 9.72. The molecule has 1 rings (SSSR count). The van der Waals surface area contributed by atoms with Crippen LogP contribution in [0.1, 0.15) is 94.4 Å². The number of carboxylic acid groups (broad SMARTS) is 1. The third-order valence-electron chi connectivity index (χ3n) is 5.31. The molecule has 0 bridgehead atoms. The van der Waals surface area contributed by atoms with Gasteiger partial charge in [0.05, 0.1) is 17.8 Å². The summed E-state index contributed by atoms with van der Waals surface area (Å²) in [6.07, 6.45) is 2.76. The average molecular weight is 429 g/mol. The van der Waals surface area contributed by atoms with Crippen LogP contribution in [0.5, 0.6) is 0 Å². The van der Waals surface area contributed by atoms with E-state index in [9.17, 15) is 19.5 Å².